The molecule has 1 aliphatic carbocycles. The van der Waals surface area contributed by atoms with Gasteiger partial charge in [-0.1, -0.05) is 24.4 Å². The first-order chi connectivity index (χ1) is 9.77. The number of nitrogens with two attached hydrogens (primary N) is 1. The first-order valence-corrected chi connectivity index (χ1v) is 7.52. The van der Waals surface area contributed by atoms with E-state index in [1.165, 1.54) is 6.42 Å². The largest absolute Gasteiger partial charge is 0.370 e. The maximum atomic E-state index is 5.80. The smallest absolute Gasteiger partial charge is 0.255 e. The highest BCUT2D eigenvalue weighted by atomic mass is 16.5. The van der Waals surface area contributed by atoms with Gasteiger partial charge in [0.1, 0.15) is 11.7 Å². The van der Waals surface area contributed by atoms with Crippen molar-refractivity contribution in [2.24, 2.45) is 5.73 Å². The van der Waals surface area contributed by atoms with Gasteiger partial charge in [-0.2, -0.15) is 4.98 Å². The second-order valence-electron chi connectivity index (χ2n) is 5.78. The molecule has 1 aromatic heterocycles. The predicted octanol–water partition coefficient (Wildman–Crippen LogP) is 2.05. The summed E-state index contributed by atoms with van der Waals surface area (Å²) in [6.45, 7) is 0.541. The van der Waals surface area contributed by atoms with Crippen LogP contribution in [-0.4, -0.2) is 29.9 Å². The van der Waals surface area contributed by atoms with Gasteiger partial charge in [0.05, 0.1) is 6.10 Å². The Labute approximate surface area is 119 Å². The monoisotopic (exact) mass is 281 g/mol. The molecule has 0 aromatic carbocycles. The van der Waals surface area contributed by atoms with Gasteiger partial charge in [0.25, 0.3) is 5.89 Å². The van der Waals surface area contributed by atoms with Crippen LogP contribution in [-0.2, 0) is 15.1 Å². The molecule has 3 rings (SSSR count). The molecule has 2 N–H and O–H groups in total. The van der Waals surface area contributed by atoms with Crippen LogP contribution in [0, 0.1) is 0 Å². The minimum Gasteiger partial charge on any atom is -0.370 e. The van der Waals surface area contributed by atoms with Crippen LogP contribution >= 0.6 is 0 Å². The van der Waals surface area contributed by atoms with E-state index in [1.807, 2.05) is 0 Å². The molecule has 112 valence electrons. The first kappa shape index (κ1) is 14.0. The molecule has 6 nitrogen and oxygen atoms in total. The molecule has 1 saturated heterocycles. The van der Waals surface area contributed by atoms with Crippen LogP contribution < -0.4 is 5.73 Å². The fourth-order valence-electron chi connectivity index (χ4n) is 3.25. The van der Waals surface area contributed by atoms with Gasteiger partial charge in [-0.15, -0.1) is 0 Å². The molecule has 2 fully saturated rings. The van der Waals surface area contributed by atoms with Gasteiger partial charge in [0.2, 0.25) is 5.82 Å². The SMILES string of the molecule is COC1(c2noc(C3CCC(CN)O3)n2)CCCCC1. The van der Waals surface area contributed by atoms with Crippen LogP contribution in [0.15, 0.2) is 4.52 Å². The van der Waals surface area contributed by atoms with E-state index in [-0.39, 0.29) is 17.8 Å². The summed E-state index contributed by atoms with van der Waals surface area (Å²) in [5.41, 5.74) is 5.26. The number of nitrogens with zero attached hydrogens (tertiary/aromatic N) is 2. The number of ether oxygens (including phenoxy) is 2. The summed E-state index contributed by atoms with van der Waals surface area (Å²) in [5, 5.41) is 4.16. The molecule has 0 radical (unpaired) electrons. The highest BCUT2D eigenvalue weighted by molar-refractivity contribution is 5.05. The molecule has 1 aliphatic heterocycles. The highest BCUT2D eigenvalue weighted by Crippen LogP contribution is 2.39. The van der Waals surface area contributed by atoms with Gasteiger partial charge in [-0.05, 0) is 25.7 Å². The quantitative estimate of drug-likeness (QED) is 0.909. The zero-order valence-corrected chi connectivity index (χ0v) is 12.0. The number of rotatable bonds is 4. The molecular formula is C14H23N3O3. The maximum absolute atomic E-state index is 5.80. The molecule has 0 amide bonds. The van der Waals surface area contributed by atoms with E-state index < -0.39 is 0 Å². The van der Waals surface area contributed by atoms with Crippen LogP contribution in [0.25, 0.3) is 0 Å². The number of hydrogen-bond acceptors (Lipinski definition) is 6. The average molecular weight is 281 g/mol. The Morgan fingerprint density at radius 1 is 1.30 bits per heavy atom. The van der Waals surface area contributed by atoms with Crippen LogP contribution in [0.4, 0.5) is 0 Å². The lowest BCUT2D eigenvalue weighted by molar-refractivity contribution is -0.0527. The van der Waals surface area contributed by atoms with E-state index in [9.17, 15) is 0 Å². The van der Waals surface area contributed by atoms with Gasteiger partial charge in [-0.3, -0.25) is 0 Å². The van der Waals surface area contributed by atoms with Crippen LogP contribution in [0.5, 0.6) is 0 Å². The molecule has 1 saturated carbocycles. The molecule has 2 aliphatic rings. The van der Waals surface area contributed by atoms with Gasteiger partial charge < -0.3 is 19.7 Å². The maximum Gasteiger partial charge on any atom is 0.255 e. The molecule has 6 heteroatoms. The van der Waals surface area contributed by atoms with E-state index in [0.717, 1.165) is 38.5 Å². The van der Waals surface area contributed by atoms with E-state index >= 15 is 0 Å². The van der Waals surface area contributed by atoms with Crippen molar-refractivity contribution in [3.05, 3.63) is 11.7 Å². The van der Waals surface area contributed by atoms with Gasteiger partial charge in [-0.25, -0.2) is 0 Å². The van der Waals surface area contributed by atoms with Crippen LogP contribution in [0.3, 0.4) is 0 Å². The Morgan fingerprint density at radius 3 is 2.75 bits per heavy atom. The van der Waals surface area contributed by atoms with Crippen molar-refractivity contribution in [1.82, 2.24) is 10.1 Å². The number of aromatic nitrogens is 2. The normalized spacial score (nSPS) is 29.7. The lowest BCUT2D eigenvalue weighted by atomic mass is 9.84. The predicted molar refractivity (Wildman–Crippen MR) is 72.0 cm³/mol. The summed E-state index contributed by atoms with van der Waals surface area (Å²) in [7, 11) is 1.73. The lowest BCUT2D eigenvalue weighted by Crippen LogP contribution is -2.32. The number of hydrogen-bond donors (Lipinski definition) is 1. The topological polar surface area (TPSA) is 83.4 Å². The summed E-state index contributed by atoms with van der Waals surface area (Å²) in [4.78, 5) is 4.56. The van der Waals surface area contributed by atoms with Gasteiger partial charge in [0, 0.05) is 13.7 Å². The number of methoxy groups -OCH3 is 1. The summed E-state index contributed by atoms with van der Waals surface area (Å²) in [6, 6.07) is 0. The van der Waals surface area contributed by atoms with Crippen molar-refractivity contribution in [2.75, 3.05) is 13.7 Å². The Hall–Kier alpha value is -0.980. The highest BCUT2D eigenvalue weighted by Gasteiger charge is 2.40. The van der Waals surface area contributed by atoms with E-state index in [4.69, 9.17) is 19.7 Å². The molecule has 0 bridgehead atoms. The van der Waals surface area contributed by atoms with E-state index in [2.05, 4.69) is 10.1 Å². The van der Waals surface area contributed by atoms with Crippen molar-refractivity contribution in [2.45, 2.75) is 62.8 Å². The lowest BCUT2D eigenvalue weighted by Gasteiger charge is -2.32. The Balaban J connectivity index is 1.76. The summed E-state index contributed by atoms with van der Waals surface area (Å²) in [5.74, 6) is 1.24. The third kappa shape index (κ3) is 2.47. The van der Waals surface area contributed by atoms with Gasteiger partial charge >= 0.3 is 0 Å². The Bertz CT molecular complexity index is 443. The fraction of sp³-hybridized carbons (Fsp3) is 0.857. The third-order valence-electron chi connectivity index (χ3n) is 4.55. The minimum absolute atomic E-state index is 0.109. The van der Waals surface area contributed by atoms with E-state index in [1.54, 1.807) is 7.11 Å². The van der Waals surface area contributed by atoms with Gasteiger partial charge in [0.15, 0.2) is 0 Å². The van der Waals surface area contributed by atoms with Crippen molar-refractivity contribution in [3.63, 3.8) is 0 Å². The van der Waals surface area contributed by atoms with Crippen LogP contribution in [0.1, 0.15) is 62.8 Å². The third-order valence-corrected chi connectivity index (χ3v) is 4.55. The van der Waals surface area contributed by atoms with E-state index in [0.29, 0.717) is 18.3 Å². The van der Waals surface area contributed by atoms with Crippen molar-refractivity contribution < 1.29 is 14.0 Å². The Morgan fingerprint density at radius 2 is 2.10 bits per heavy atom. The molecule has 1 aromatic rings. The van der Waals surface area contributed by atoms with Crippen molar-refractivity contribution in [3.8, 4) is 0 Å². The molecular weight excluding hydrogens is 258 g/mol. The second kappa shape index (κ2) is 5.79. The van der Waals surface area contributed by atoms with Crippen molar-refractivity contribution >= 4 is 0 Å². The molecule has 0 spiro atoms. The standard InChI is InChI=1S/C14H23N3O3/c1-18-14(7-3-2-4-8-14)13-16-12(20-17-13)11-6-5-10(9-15)19-11/h10-11H,2-9,15H2,1H3. The summed E-state index contributed by atoms with van der Waals surface area (Å²) >= 11 is 0. The summed E-state index contributed by atoms with van der Waals surface area (Å²) in [6.07, 6.45) is 7.31. The van der Waals surface area contributed by atoms with Crippen LogP contribution in [0.2, 0.25) is 0 Å². The zero-order valence-electron chi connectivity index (χ0n) is 12.0. The zero-order chi connectivity index (χ0) is 14.0. The Kier molecular flexibility index (Phi) is 4.05. The minimum atomic E-state index is -0.369. The first-order valence-electron chi connectivity index (χ1n) is 7.52. The second-order valence-corrected chi connectivity index (χ2v) is 5.78. The molecule has 20 heavy (non-hydrogen) atoms. The molecule has 2 unspecified atom stereocenters. The summed E-state index contributed by atoms with van der Waals surface area (Å²) < 4.78 is 17.0. The fourth-order valence-corrected chi connectivity index (χ4v) is 3.25. The molecule has 2 atom stereocenters. The van der Waals surface area contributed by atoms with Crippen molar-refractivity contribution in [1.29, 1.82) is 0 Å². The average Bonchev–Trinajstić information content (AvgIpc) is 3.16. The molecule has 2 heterocycles.